The summed E-state index contributed by atoms with van der Waals surface area (Å²) in [6.07, 6.45) is 5.30. The van der Waals surface area contributed by atoms with Crippen molar-refractivity contribution in [3.05, 3.63) is 34.9 Å². The Morgan fingerprint density at radius 3 is 2.68 bits per heavy atom. The van der Waals surface area contributed by atoms with E-state index >= 15 is 0 Å². The SMILES string of the molecule is CCSCCCC(CNC1CC1)c1ccc(Cl)cc1. The molecule has 0 amide bonds. The van der Waals surface area contributed by atoms with Crippen LogP contribution >= 0.6 is 23.4 Å². The molecule has 0 radical (unpaired) electrons. The molecule has 1 nitrogen and oxygen atoms in total. The number of halogens is 1. The van der Waals surface area contributed by atoms with Crippen molar-refractivity contribution in [1.29, 1.82) is 0 Å². The first kappa shape index (κ1) is 15.2. The molecular formula is C16H24ClNS. The van der Waals surface area contributed by atoms with Crippen LogP contribution in [0.1, 0.15) is 44.1 Å². The predicted octanol–water partition coefficient (Wildman–Crippen LogP) is 4.71. The minimum Gasteiger partial charge on any atom is -0.313 e. The van der Waals surface area contributed by atoms with E-state index in [1.165, 1.54) is 42.8 Å². The quantitative estimate of drug-likeness (QED) is 0.663. The van der Waals surface area contributed by atoms with Crippen molar-refractivity contribution in [3.63, 3.8) is 0 Å². The summed E-state index contributed by atoms with van der Waals surface area (Å²) in [7, 11) is 0. The molecule has 0 heterocycles. The van der Waals surface area contributed by atoms with Crippen LogP contribution < -0.4 is 5.32 Å². The molecular weight excluding hydrogens is 274 g/mol. The van der Waals surface area contributed by atoms with E-state index in [1.807, 2.05) is 23.9 Å². The molecule has 0 aromatic heterocycles. The molecule has 1 fully saturated rings. The molecule has 1 aromatic rings. The van der Waals surface area contributed by atoms with E-state index < -0.39 is 0 Å². The minimum atomic E-state index is 0.635. The Morgan fingerprint density at radius 2 is 2.05 bits per heavy atom. The normalized spacial score (nSPS) is 16.5. The van der Waals surface area contributed by atoms with Crippen molar-refractivity contribution in [2.75, 3.05) is 18.1 Å². The maximum Gasteiger partial charge on any atom is 0.0406 e. The van der Waals surface area contributed by atoms with Gasteiger partial charge in [0.25, 0.3) is 0 Å². The molecule has 1 aliphatic rings. The lowest BCUT2D eigenvalue weighted by atomic mass is 9.94. The number of rotatable bonds is 9. The number of thioether (sulfide) groups is 1. The van der Waals surface area contributed by atoms with Gasteiger partial charge in [0.05, 0.1) is 0 Å². The fraction of sp³-hybridized carbons (Fsp3) is 0.625. The highest BCUT2D eigenvalue weighted by Gasteiger charge is 2.22. The Bertz CT molecular complexity index is 362. The first-order chi connectivity index (χ1) is 9.29. The first-order valence-electron chi connectivity index (χ1n) is 7.36. The molecule has 1 aliphatic carbocycles. The molecule has 1 atom stereocenters. The molecule has 106 valence electrons. The fourth-order valence-electron chi connectivity index (χ4n) is 2.29. The summed E-state index contributed by atoms with van der Waals surface area (Å²) in [5.74, 6) is 3.14. The number of hydrogen-bond donors (Lipinski definition) is 1. The minimum absolute atomic E-state index is 0.635. The number of benzene rings is 1. The van der Waals surface area contributed by atoms with Crippen molar-refractivity contribution in [3.8, 4) is 0 Å². The first-order valence-corrected chi connectivity index (χ1v) is 8.89. The third-order valence-corrected chi connectivity index (χ3v) is 4.85. The van der Waals surface area contributed by atoms with Crippen LogP contribution in [0.15, 0.2) is 24.3 Å². The van der Waals surface area contributed by atoms with Gasteiger partial charge in [-0.05, 0) is 60.8 Å². The third kappa shape index (κ3) is 5.76. The lowest BCUT2D eigenvalue weighted by Crippen LogP contribution is -2.23. The standard InChI is InChI=1S/C16H24ClNS/c1-2-19-11-3-4-14(12-18-16-9-10-16)13-5-7-15(17)8-6-13/h5-8,14,16,18H,2-4,9-12H2,1H3. The van der Waals surface area contributed by atoms with Gasteiger partial charge in [-0.15, -0.1) is 0 Å². The monoisotopic (exact) mass is 297 g/mol. The zero-order valence-electron chi connectivity index (χ0n) is 11.7. The molecule has 0 aliphatic heterocycles. The van der Waals surface area contributed by atoms with Crippen LogP contribution in [0.4, 0.5) is 0 Å². The summed E-state index contributed by atoms with van der Waals surface area (Å²) >= 11 is 8.02. The van der Waals surface area contributed by atoms with Crippen LogP contribution in [0, 0.1) is 0 Å². The van der Waals surface area contributed by atoms with E-state index in [0.29, 0.717) is 5.92 Å². The van der Waals surface area contributed by atoms with Gasteiger partial charge >= 0.3 is 0 Å². The number of nitrogens with one attached hydrogen (secondary N) is 1. The zero-order valence-corrected chi connectivity index (χ0v) is 13.3. The van der Waals surface area contributed by atoms with E-state index in [4.69, 9.17) is 11.6 Å². The fourth-order valence-corrected chi connectivity index (χ4v) is 3.08. The summed E-state index contributed by atoms with van der Waals surface area (Å²) in [5, 5.41) is 4.50. The molecule has 0 saturated heterocycles. The molecule has 3 heteroatoms. The van der Waals surface area contributed by atoms with Gasteiger partial charge in [0.2, 0.25) is 0 Å². The van der Waals surface area contributed by atoms with Gasteiger partial charge in [-0.25, -0.2) is 0 Å². The molecule has 0 bridgehead atoms. The Morgan fingerprint density at radius 1 is 1.32 bits per heavy atom. The van der Waals surface area contributed by atoms with Gasteiger partial charge in [0.15, 0.2) is 0 Å². The molecule has 1 N–H and O–H groups in total. The maximum absolute atomic E-state index is 5.98. The second-order valence-electron chi connectivity index (χ2n) is 5.27. The van der Waals surface area contributed by atoms with Crippen LogP contribution in [0.2, 0.25) is 5.02 Å². The smallest absolute Gasteiger partial charge is 0.0406 e. The van der Waals surface area contributed by atoms with Crippen molar-refractivity contribution in [2.45, 2.75) is 44.6 Å². The highest BCUT2D eigenvalue weighted by Crippen LogP contribution is 2.26. The van der Waals surface area contributed by atoms with Gasteiger partial charge in [-0.2, -0.15) is 11.8 Å². The van der Waals surface area contributed by atoms with E-state index in [0.717, 1.165) is 17.6 Å². The Hall–Kier alpha value is -0.180. The summed E-state index contributed by atoms with van der Waals surface area (Å²) in [4.78, 5) is 0. The van der Waals surface area contributed by atoms with Crippen LogP contribution in [0.3, 0.4) is 0 Å². The van der Waals surface area contributed by atoms with Gasteiger partial charge in [0.1, 0.15) is 0 Å². The summed E-state index contributed by atoms with van der Waals surface area (Å²) in [6.45, 7) is 3.35. The zero-order chi connectivity index (χ0) is 13.5. The van der Waals surface area contributed by atoms with Crippen molar-refractivity contribution < 1.29 is 0 Å². The highest BCUT2D eigenvalue weighted by molar-refractivity contribution is 7.99. The maximum atomic E-state index is 5.98. The van der Waals surface area contributed by atoms with Crippen LogP contribution in [0.5, 0.6) is 0 Å². The van der Waals surface area contributed by atoms with Gasteiger partial charge < -0.3 is 5.32 Å². The molecule has 1 unspecified atom stereocenters. The molecule has 1 saturated carbocycles. The van der Waals surface area contributed by atoms with Crippen LogP contribution in [-0.4, -0.2) is 24.1 Å². The van der Waals surface area contributed by atoms with E-state index in [-0.39, 0.29) is 0 Å². The van der Waals surface area contributed by atoms with Gasteiger partial charge in [-0.3, -0.25) is 0 Å². The summed E-state index contributed by atoms with van der Waals surface area (Å²) in [5.41, 5.74) is 1.43. The van der Waals surface area contributed by atoms with Crippen molar-refractivity contribution >= 4 is 23.4 Å². The van der Waals surface area contributed by atoms with Crippen molar-refractivity contribution in [1.82, 2.24) is 5.32 Å². The topological polar surface area (TPSA) is 12.0 Å². The Kier molecular flexibility index (Phi) is 6.55. The lowest BCUT2D eigenvalue weighted by Gasteiger charge is -2.18. The predicted molar refractivity (Wildman–Crippen MR) is 87.5 cm³/mol. The Labute approximate surface area is 126 Å². The number of hydrogen-bond acceptors (Lipinski definition) is 2. The van der Waals surface area contributed by atoms with Crippen LogP contribution in [-0.2, 0) is 0 Å². The molecule has 19 heavy (non-hydrogen) atoms. The molecule has 2 rings (SSSR count). The lowest BCUT2D eigenvalue weighted by molar-refractivity contribution is 0.544. The second-order valence-corrected chi connectivity index (χ2v) is 7.10. The molecule has 0 spiro atoms. The average Bonchev–Trinajstić information content (AvgIpc) is 3.23. The highest BCUT2D eigenvalue weighted by atomic mass is 35.5. The van der Waals surface area contributed by atoms with E-state index in [2.05, 4.69) is 24.4 Å². The third-order valence-electron chi connectivity index (χ3n) is 3.62. The summed E-state index contributed by atoms with van der Waals surface area (Å²) in [6, 6.07) is 9.20. The van der Waals surface area contributed by atoms with Gasteiger partial charge in [-0.1, -0.05) is 30.7 Å². The van der Waals surface area contributed by atoms with Crippen LogP contribution in [0.25, 0.3) is 0 Å². The van der Waals surface area contributed by atoms with E-state index in [1.54, 1.807) is 0 Å². The van der Waals surface area contributed by atoms with E-state index in [9.17, 15) is 0 Å². The average molecular weight is 298 g/mol. The Balaban J connectivity index is 1.85. The van der Waals surface area contributed by atoms with Crippen molar-refractivity contribution in [2.24, 2.45) is 0 Å². The summed E-state index contributed by atoms with van der Waals surface area (Å²) < 4.78 is 0. The molecule has 1 aromatic carbocycles. The largest absolute Gasteiger partial charge is 0.313 e. The second kappa shape index (κ2) is 8.18. The van der Waals surface area contributed by atoms with Gasteiger partial charge in [0, 0.05) is 17.6 Å².